The van der Waals surface area contributed by atoms with E-state index in [1.807, 2.05) is 13.0 Å². The molecule has 2 heterocycles. The molecule has 2 aromatic rings. The molecule has 3 rings (SSSR count). The van der Waals surface area contributed by atoms with Crippen LogP contribution in [0, 0.1) is 5.92 Å². The molecule has 1 aliphatic rings. The molecule has 0 saturated heterocycles. The lowest BCUT2D eigenvalue weighted by Gasteiger charge is -2.10. The molecule has 0 spiro atoms. The summed E-state index contributed by atoms with van der Waals surface area (Å²) < 4.78 is 5.34. The Hall–Kier alpha value is -2.24. The Morgan fingerprint density at radius 3 is 3.10 bits per heavy atom. The first-order chi connectivity index (χ1) is 10.2. The second kappa shape index (κ2) is 5.63. The van der Waals surface area contributed by atoms with E-state index in [-0.39, 0.29) is 5.92 Å². The molecule has 1 N–H and O–H groups in total. The van der Waals surface area contributed by atoms with Crippen molar-refractivity contribution < 1.29 is 14.4 Å². The number of pyridine rings is 1. The van der Waals surface area contributed by atoms with Gasteiger partial charge in [0.15, 0.2) is 0 Å². The van der Waals surface area contributed by atoms with Crippen molar-refractivity contribution in [1.82, 2.24) is 15.1 Å². The molecule has 2 unspecified atom stereocenters. The van der Waals surface area contributed by atoms with E-state index in [1.165, 1.54) is 0 Å². The highest BCUT2D eigenvalue weighted by Crippen LogP contribution is 2.39. The maximum Gasteiger partial charge on any atom is 0.307 e. The normalized spacial score (nSPS) is 21.6. The summed E-state index contributed by atoms with van der Waals surface area (Å²) in [6.45, 7) is 2.04. The van der Waals surface area contributed by atoms with Crippen LogP contribution >= 0.6 is 0 Å². The van der Waals surface area contributed by atoms with E-state index in [9.17, 15) is 9.90 Å². The molecule has 21 heavy (non-hydrogen) atoms. The van der Waals surface area contributed by atoms with E-state index in [0.717, 1.165) is 30.4 Å². The van der Waals surface area contributed by atoms with E-state index >= 15 is 0 Å². The average Bonchev–Trinajstić information content (AvgIpc) is 3.15. The molecule has 0 aliphatic heterocycles. The summed E-state index contributed by atoms with van der Waals surface area (Å²) in [5.41, 5.74) is 1.94. The zero-order valence-electron chi connectivity index (χ0n) is 11.8. The molecule has 110 valence electrons. The van der Waals surface area contributed by atoms with Gasteiger partial charge in [-0.2, -0.15) is 4.98 Å². The Morgan fingerprint density at radius 2 is 2.33 bits per heavy atom. The van der Waals surface area contributed by atoms with Gasteiger partial charge in [0.2, 0.25) is 11.7 Å². The summed E-state index contributed by atoms with van der Waals surface area (Å²) in [5, 5.41) is 13.3. The minimum absolute atomic E-state index is 0.171. The third-order valence-corrected chi connectivity index (χ3v) is 4.12. The number of hydrogen-bond donors (Lipinski definition) is 1. The number of carboxylic acid groups (broad SMARTS) is 1. The molecule has 0 bridgehead atoms. The van der Waals surface area contributed by atoms with Crippen molar-refractivity contribution in [3.8, 4) is 11.4 Å². The van der Waals surface area contributed by atoms with Crippen molar-refractivity contribution in [1.29, 1.82) is 0 Å². The lowest BCUT2D eigenvalue weighted by molar-refractivity contribution is -0.142. The topological polar surface area (TPSA) is 89.1 Å². The Kier molecular flexibility index (Phi) is 3.68. The summed E-state index contributed by atoms with van der Waals surface area (Å²) in [5.74, 6) is -0.415. The fraction of sp³-hybridized carbons (Fsp3) is 0.467. The van der Waals surface area contributed by atoms with Crippen LogP contribution in [0.25, 0.3) is 11.4 Å². The van der Waals surface area contributed by atoms with Gasteiger partial charge in [0.25, 0.3) is 0 Å². The number of rotatable bonds is 4. The van der Waals surface area contributed by atoms with Gasteiger partial charge in [-0.15, -0.1) is 0 Å². The first-order valence-corrected chi connectivity index (χ1v) is 7.20. The van der Waals surface area contributed by atoms with E-state index in [4.69, 9.17) is 4.52 Å². The SMILES string of the molecule is CCc1cnccc1-c1noc(C2CCCC2C(=O)O)n1. The van der Waals surface area contributed by atoms with Gasteiger partial charge in [-0.25, -0.2) is 0 Å². The van der Waals surface area contributed by atoms with Crippen molar-refractivity contribution in [2.75, 3.05) is 0 Å². The van der Waals surface area contributed by atoms with Gasteiger partial charge in [0, 0.05) is 18.0 Å². The molecule has 1 saturated carbocycles. The summed E-state index contributed by atoms with van der Waals surface area (Å²) in [6, 6.07) is 1.86. The number of nitrogens with zero attached hydrogens (tertiary/aromatic N) is 3. The molecule has 0 amide bonds. The molecule has 0 radical (unpaired) electrons. The van der Waals surface area contributed by atoms with Gasteiger partial charge in [0.1, 0.15) is 0 Å². The van der Waals surface area contributed by atoms with Crippen LogP contribution in [0.3, 0.4) is 0 Å². The second-order valence-corrected chi connectivity index (χ2v) is 5.32. The number of carbonyl (C=O) groups is 1. The lowest BCUT2D eigenvalue weighted by Crippen LogP contribution is -2.17. The zero-order chi connectivity index (χ0) is 14.8. The zero-order valence-corrected chi connectivity index (χ0v) is 11.8. The molecular formula is C15H17N3O3. The standard InChI is InChI=1S/C15H17N3O3/c1-2-9-8-16-7-6-10(9)13-17-14(21-18-13)11-4-3-5-12(11)15(19)20/h6-8,11-12H,2-5H2,1H3,(H,19,20). The van der Waals surface area contributed by atoms with Crippen LogP contribution < -0.4 is 0 Å². The predicted octanol–water partition coefficient (Wildman–Crippen LogP) is 2.66. The van der Waals surface area contributed by atoms with E-state index in [1.54, 1.807) is 12.4 Å². The van der Waals surface area contributed by atoms with Crippen molar-refractivity contribution in [3.05, 3.63) is 29.9 Å². The van der Waals surface area contributed by atoms with E-state index in [0.29, 0.717) is 18.1 Å². The van der Waals surface area contributed by atoms with E-state index in [2.05, 4.69) is 15.1 Å². The highest BCUT2D eigenvalue weighted by Gasteiger charge is 2.37. The molecule has 1 fully saturated rings. The largest absolute Gasteiger partial charge is 0.481 e. The highest BCUT2D eigenvalue weighted by molar-refractivity contribution is 5.71. The van der Waals surface area contributed by atoms with Gasteiger partial charge >= 0.3 is 5.97 Å². The lowest BCUT2D eigenvalue weighted by atomic mass is 9.96. The third-order valence-electron chi connectivity index (χ3n) is 4.12. The van der Waals surface area contributed by atoms with Crippen molar-refractivity contribution in [2.24, 2.45) is 5.92 Å². The average molecular weight is 287 g/mol. The summed E-state index contributed by atoms with van der Waals surface area (Å²) in [7, 11) is 0. The van der Waals surface area contributed by atoms with Crippen molar-refractivity contribution in [3.63, 3.8) is 0 Å². The van der Waals surface area contributed by atoms with Gasteiger partial charge < -0.3 is 9.63 Å². The molecule has 6 nitrogen and oxygen atoms in total. The second-order valence-electron chi connectivity index (χ2n) is 5.32. The number of hydrogen-bond acceptors (Lipinski definition) is 5. The third kappa shape index (κ3) is 2.53. The van der Waals surface area contributed by atoms with Gasteiger partial charge in [-0.1, -0.05) is 18.5 Å². The van der Waals surface area contributed by atoms with E-state index < -0.39 is 11.9 Å². The van der Waals surface area contributed by atoms with Crippen molar-refractivity contribution >= 4 is 5.97 Å². The molecule has 1 aliphatic carbocycles. The van der Waals surface area contributed by atoms with Crippen LogP contribution in [0.4, 0.5) is 0 Å². The maximum absolute atomic E-state index is 11.3. The molecule has 0 aromatic carbocycles. The van der Waals surface area contributed by atoms with Crippen molar-refractivity contribution in [2.45, 2.75) is 38.5 Å². The minimum Gasteiger partial charge on any atom is -0.481 e. The molecule has 2 atom stereocenters. The first kappa shape index (κ1) is 13.7. The van der Waals surface area contributed by atoms with Crippen LogP contribution in [0.1, 0.15) is 43.6 Å². The van der Waals surface area contributed by atoms with Crippen LogP contribution in [-0.2, 0) is 11.2 Å². The quantitative estimate of drug-likeness (QED) is 0.929. The Labute approximate surface area is 122 Å². The predicted molar refractivity (Wildman–Crippen MR) is 74.6 cm³/mol. The smallest absolute Gasteiger partial charge is 0.307 e. The summed E-state index contributed by atoms with van der Waals surface area (Å²) in [6.07, 6.45) is 6.66. The van der Waals surface area contributed by atoms with Crippen LogP contribution in [-0.4, -0.2) is 26.2 Å². The van der Waals surface area contributed by atoms with Gasteiger partial charge in [-0.05, 0) is 30.9 Å². The number of aryl methyl sites for hydroxylation is 1. The molecular weight excluding hydrogens is 270 g/mol. The summed E-state index contributed by atoms with van der Waals surface area (Å²) >= 11 is 0. The first-order valence-electron chi connectivity index (χ1n) is 7.20. The maximum atomic E-state index is 11.3. The van der Waals surface area contributed by atoms with Crippen LogP contribution in [0.5, 0.6) is 0 Å². The fourth-order valence-corrected chi connectivity index (χ4v) is 2.97. The molecule has 6 heteroatoms. The van der Waals surface area contributed by atoms with Crippen LogP contribution in [0.15, 0.2) is 23.0 Å². The number of aromatic nitrogens is 3. The fourth-order valence-electron chi connectivity index (χ4n) is 2.97. The summed E-state index contributed by atoms with van der Waals surface area (Å²) in [4.78, 5) is 19.8. The highest BCUT2D eigenvalue weighted by atomic mass is 16.5. The Balaban J connectivity index is 1.91. The Bertz CT molecular complexity index is 653. The van der Waals surface area contributed by atoms with Gasteiger partial charge in [0.05, 0.1) is 11.8 Å². The van der Waals surface area contributed by atoms with Crippen LogP contribution in [0.2, 0.25) is 0 Å². The monoisotopic (exact) mass is 287 g/mol. The number of aliphatic carboxylic acids is 1. The number of carboxylic acids is 1. The minimum atomic E-state index is -0.782. The Morgan fingerprint density at radius 1 is 1.48 bits per heavy atom. The van der Waals surface area contributed by atoms with Gasteiger partial charge in [-0.3, -0.25) is 9.78 Å². The molecule has 2 aromatic heterocycles.